The van der Waals surface area contributed by atoms with Gasteiger partial charge >= 0.3 is 11.8 Å². The van der Waals surface area contributed by atoms with Gasteiger partial charge in [-0.05, 0) is 24.7 Å². The number of nitroso groups, excluding NO2 is 1. The van der Waals surface area contributed by atoms with Crippen LogP contribution in [0.25, 0.3) is 0 Å². The van der Waals surface area contributed by atoms with E-state index in [0.717, 1.165) is 12.3 Å². The lowest BCUT2D eigenvalue weighted by Crippen LogP contribution is -2.40. The molecule has 1 aliphatic rings. The van der Waals surface area contributed by atoms with Gasteiger partial charge in [0.1, 0.15) is 11.6 Å². The third kappa shape index (κ3) is 4.05. The zero-order valence-electron chi connectivity index (χ0n) is 12.2. The molecule has 2 atom stereocenters. The fourth-order valence-electron chi connectivity index (χ4n) is 2.21. The zero-order chi connectivity index (χ0) is 18.2. The number of carbonyl (C=O) groups excluding carboxylic acids is 1. The van der Waals surface area contributed by atoms with Crippen molar-refractivity contribution in [1.82, 2.24) is 9.47 Å². The summed E-state index contributed by atoms with van der Waals surface area (Å²) in [6.45, 7) is -1.75. The van der Waals surface area contributed by atoms with Gasteiger partial charge in [0.15, 0.2) is 6.04 Å². The summed E-state index contributed by atoms with van der Waals surface area (Å²) < 4.78 is 38.3. The summed E-state index contributed by atoms with van der Waals surface area (Å²) in [7, 11) is 1.46. The monoisotopic (exact) mass is 387 g/mol. The molecule has 1 aromatic heterocycles. The largest absolute Gasteiger partial charge is 0.406 e. The number of amides is 1. The molecule has 1 saturated heterocycles. The minimum absolute atomic E-state index is 0.0993. The molecule has 0 spiro atoms. The minimum atomic E-state index is -4.63. The standard InChI is InChI=1S/C12H11Cl2F3N4O3/c1-19-8(4-21(24)11(19)14)9(22)18-6-2-7(13)10(23)20(3-6)5-12(15,16)17/h2-3,8,11H,4-5H2,1H3/p+1. The van der Waals surface area contributed by atoms with Gasteiger partial charge in [0.2, 0.25) is 12.5 Å². The second kappa shape index (κ2) is 6.69. The van der Waals surface area contributed by atoms with E-state index in [4.69, 9.17) is 23.2 Å². The number of anilines is 1. The Labute approximate surface area is 143 Å². The molecule has 1 N–H and O–H groups in total. The quantitative estimate of drug-likeness (QED) is 0.485. The Bertz CT molecular complexity index is 737. The van der Waals surface area contributed by atoms with E-state index >= 15 is 0 Å². The number of likely N-dealkylation sites (N-methyl/N-ethyl adjacent to an activating group) is 1. The molecule has 1 aromatic rings. The van der Waals surface area contributed by atoms with Crippen molar-refractivity contribution in [1.29, 1.82) is 0 Å². The van der Waals surface area contributed by atoms with Crippen LogP contribution in [-0.4, -0.2) is 51.6 Å². The molecular weight excluding hydrogens is 376 g/mol. The van der Waals surface area contributed by atoms with Crippen LogP contribution in [0.15, 0.2) is 17.1 Å². The number of nitrogens with one attached hydrogen (secondary N) is 1. The molecule has 0 aliphatic carbocycles. The van der Waals surface area contributed by atoms with Gasteiger partial charge in [0.25, 0.3) is 5.56 Å². The van der Waals surface area contributed by atoms with Gasteiger partial charge in [-0.15, -0.1) is 0 Å². The summed E-state index contributed by atoms with van der Waals surface area (Å²) in [5.41, 5.74) is -2.15. The van der Waals surface area contributed by atoms with E-state index in [9.17, 15) is 27.7 Å². The molecule has 1 aliphatic heterocycles. The smallest absolute Gasteiger partial charge is 0.323 e. The molecular formula is C12H12Cl2F3N4O3+. The number of alkyl halides is 4. The maximum Gasteiger partial charge on any atom is 0.406 e. The number of hydrogen-bond acceptors (Lipinski definition) is 4. The summed E-state index contributed by atoms with van der Waals surface area (Å²) >= 11 is 11.4. The first-order valence-electron chi connectivity index (χ1n) is 6.57. The molecule has 2 rings (SSSR count). The lowest BCUT2D eigenvalue weighted by Gasteiger charge is -2.16. The summed E-state index contributed by atoms with van der Waals surface area (Å²) in [6, 6.07) is 0.142. The molecule has 0 bridgehead atoms. The van der Waals surface area contributed by atoms with E-state index in [0.29, 0.717) is 9.33 Å². The summed E-state index contributed by atoms with van der Waals surface area (Å²) in [6.07, 6.45) is -3.79. The van der Waals surface area contributed by atoms with E-state index in [-0.39, 0.29) is 12.2 Å². The van der Waals surface area contributed by atoms with Crippen molar-refractivity contribution in [2.24, 2.45) is 0 Å². The number of aromatic nitrogens is 1. The van der Waals surface area contributed by atoms with Gasteiger partial charge < -0.3 is 9.88 Å². The highest BCUT2D eigenvalue weighted by atomic mass is 35.5. The maximum absolute atomic E-state index is 12.5. The first kappa shape index (κ1) is 18.7. The van der Waals surface area contributed by atoms with Crippen molar-refractivity contribution in [2.75, 3.05) is 18.9 Å². The topological polar surface area (TPSA) is 74.4 Å². The van der Waals surface area contributed by atoms with Crippen LogP contribution >= 0.6 is 23.2 Å². The summed E-state index contributed by atoms with van der Waals surface area (Å²) in [5, 5.41) is 1.86. The van der Waals surface area contributed by atoms with Gasteiger partial charge in [-0.25, -0.2) is 4.90 Å². The SMILES string of the molecule is CN1C(C(=O)Nc2cc(Cl)c(=O)n(CC(F)(F)F)c2)C[N+](=O)C1Cl. The first-order chi connectivity index (χ1) is 11.0. The second-order valence-electron chi connectivity index (χ2n) is 5.21. The minimum Gasteiger partial charge on any atom is -0.323 e. The van der Waals surface area contributed by atoms with Crippen molar-refractivity contribution in [2.45, 2.75) is 24.4 Å². The van der Waals surface area contributed by atoms with Gasteiger partial charge in [-0.3, -0.25) is 9.59 Å². The number of carbonyl (C=O) groups is 1. The Morgan fingerprint density at radius 3 is 2.62 bits per heavy atom. The van der Waals surface area contributed by atoms with Gasteiger partial charge in [0.05, 0.1) is 5.69 Å². The fraction of sp³-hybridized carbons (Fsp3) is 0.500. The Kier molecular flexibility index (Phi) is 5.21. The third-order valence-corrected chi connectivity index (χ3v) is 4.18. The van der Waals surface area contributed by atoms with Crippen LogP contribution in [0.3, 0.4) is 0 Å². The normalized spacial score (nSPS) is 22.0. The van der Waals surface area contributed by atoms with Gasteiger partial charge in [-0.1, -0.05) is 11.6 Å². The molecule has 7 nitrogen and oxygen atoms in total. The molecule has 0 radical (unpaired) electrons. The lowest BCUT2D eigenvalue weighted by atomic mass is 10.2. The van der Waals surface area contributed by atoms with Crippen molar-refractivity contribution in [3.63, 3.8) is 0 Å². The first-order valence-corrected chi connectivity index (χ1v) is 7.38. The van der Waals surface area contributed by atoms with E-state index in [2.05, 4.69) is 5.32 Å². The number of pyridine rings is 1. The lowest BCUT2D eigenvalue weighted by molar-refractivity contribution is -0.553. The van der Waals surface area contributed by atoms with Gasteiger partial charge in [-0.2, -0.15) is 13.2 Å². The maximum atomic E-state index is 12.5. The van der Waals surface area contributed by atoms with Crippen LogP contribution in [0, 0.1) is 4.91 Å². The van der Waals surface area contributed by atoms with E-state index in [1.54, 1.807) is 0 Å². The molecule has 1 amide bonds. The van der Waals surface area contributed by atoms with Gasteiger partial charge in [0, 0.05) is 15.9 Å². The van der Waals surface area contributed by atoms with Crippen LogP contribution in [0.1, 0.15) is 0 Å². The molecule has 1 fully saturated rings. The number of halogens is 5. The second-order valence-corrected chi connectivity index (χ2v) is 6.00. The van der Waals surface area contributed by atoms with Crippen LogP contribution in [0.4, 0.5) is 18.9 Å². The Morgan fingerprint density at radius 2 is 2.12 bits per heavy atom. The van der Waals surface area contributed by atoms with Crippen molar-refractivity contribution >= 4 is 34.8 Å². The molecule has 2 heterocycles. The van der Waals surface area contributed by atoms with Crippen LogP contribution < -0.4 is 10.9 Å². The third-order valence-electron chi connectivity index (χ3n) is 3.38. The Morgan fingerprint density at radius 1 is 1.50 bits per heavy atom. The molecule has 2 unspecified atom stereocenters. The highest BCUT2D eigenvalue weighted by Gasteiger charge is 2.47. The van der Waals surface area contributed by atoms with Crippen molar-refractivity contribution < 1.29 is 22.7 Å². The average molecular weight is 388 g/mol. The molecule has 24 heavy (non-hydrogen) atoms. The Hall–Kier alpha value is -1.65. The zero-order valence-corrected chi connectivity index (χ0v) is 13.7. The fourth-order valence-corrected chi connectivity index (χ4v) is 2.65. The predicted molar refractivity (Wildman–Crippen MR) is 80.1 cm³/mol. The van der Waals surface area contributed by atoms with Crippen molar-refractivity contribution in [3.05, 3.63) is 32.5 Å². The van der Waals surface area contributed by atoms with E-state index < -0.39 is 40.9 Å². The van der Waals surface area contributed by atoms with Crippen LogP contribution in [0.2, 0.25) is 5.02 Å². The number of nitrogens with zero attached hydrogens (tertiary/aromatic N) is 3. The molecule has 0 saturated carbocycles. The summed E-state index contributed by atoms with van der Waals surface area (Å²) in [5.74, 6) is -0.658. The van der Waals surface area contributed by atoms with E-state index in [1.165, 1.54) is 11.9 Å². The summed E-state index contributed by atoms with van der Waals surface area (Å²) in [4.78, 5) is 36.5. The highest BCUT2D eigenvalue weighted by molar-refractivity contribution is 6.30. The van der Waals surface area contributed by atoms with Crippen LogP contribution in [-0.2, 0) is 11.3 Å². The number of rotatable bonds is 3. The van der Waals surface area contributed by atoms with E-state index in [1.807, 2.05) is 0 Å². The van der Waals surface area contributed by atoms with Crippen LogP contribution in [0.5, 0.6) is 0 Å². The predicted octanol–water partition coefficient (Wildman–Crippen LogP) is 1.62. The van der Waals surface area contributed by atoms with Crippen molar-refractivity contribution in [3.8, 4) is 0 Å². The number of hydrogen-bond donors (Lipinski definition) is 1. The molecule has 132 valence electrons. The average Bonchev–Trinajstić information content (AvgIpc) is 2.70. The molecule has 0 aromatic carbocycles. The molecule has 12 heteroatoms. The highest BCUT2D eigenvalue weighted by Crippen LogP contribution is 2.21. The Balaban J connectivity index is 2.22.